The lowest BCUT2D eigenvalue weighted by atomic mass is 10.2. The number of amides is 1. The molecule has 2 heterocycles. The van der Waals surface area contributed by atoms with Crippen LogP contribution in [0.25, 0.3) is 0 Å². The van der Waals surface area contributed by atoms with Crippen molar-refractivity contribution < 1.29 is 4.79 Å². The molecule has 0 bridgehead atoms. The minimum absolute atomic E-state index is 0.0438. The molecule has 0 saturated carbocycles. The van der Waals surface area contributed by atoms with Crippen molar-refractivity contribution >= 4 is 23.4 Å². The molecule has 0 N–H and O–H groups in total. The zero-order valence-electron chi connectivity index (χ0n) is 15.2. The molecule has 0 atom stereocenters. The van der Waals surface area contributed by atoms with Crippen molar-refractivity contribution in [1.29, 1.82) is 0 Å². The van der Waals surface area contributed by atoms with Crippen molar-refractivity contribution in [2.24, 2.45) is 0 Å². The maximum atomic E-state index is 12.5. The van der Waals surface area contributed by atoms with E-state index in [1.54, 1.807) is 36.0 Å². The molecule has 0 spiro atoms. The predicted molar refractivity (Wildman–Crippen MR) is 105 cm³/mol. The number of hydrogen-bond acceptors (Lipinski definition) is 5. The number of anilines is 1. The van der Waals surface area contributed by atoms with Gasteiger partial charge in [-0.05, 0) is 36.8 Å². The minimum Gasteiger partial charge on any atom is -0.370 e. The van der Waals surface area contributed by atoms with Crippen molar-refractivity contribution in [2.45, 2.75) is 30.8 Å². The Kier molecular flexibility index (Phi) is 5.98. The normalized spacial score (nSPS) is 13.8. The van der Waals surface area contributed by atoms with E-state index >= 15 is 0 Å². The SMILES string of the molecule is CSc1cccc(CN(C)C(=O)Cn2ncc(N3CCCC3)cc2=O)c1. The summed E-state index contributed by atoms with van der Waals surface area (Å²) < 4.78 is 1.23. The van der Waals surface area contributed by atoms with E-state index in [-0.39, 0.29) is 18.0 Å². The fourth-order valence-electron chi connectivity index (χ4n) is 3.07. The number of carbonyl (C=O) groups excluding carboxylic acids is 1. The molecule has 2 aromatic rings. The van der Waals surface area contributed by atoms with Gasteiger partial charge in [0.05, 0.1) is 11.9 Å². The van der Waals surface area contributed by atoms with Gasteiger partial charge >= 0.3 is 0 Å². The average molecular weight is 372 g/mol. The molecule has 0 aliphatic carbocycles. The van der Waals surface area contributed by atoms with Crippen molar-refractivity contribution in [2.75, 3.05) is 31.3 Å². The van der Waals surface area contributed by atoms with Crippen molar-refractivity contribution in [3.8, 4) is 0 Å². The topological polar surface area (TPSA) is 58.4 Å². The third-order valence-electron chi connectivity index (χ3n) is 4.59. The fourth-order valence-corrected chi connectivity index (χ4v) is 3.56. The molecule has 1 aliphatic heterocycles. The molecule has 1 aromatic carbocycles. The van der Waals surface area contributed by atoms with Gasteiger partial charge in [-0.15, -0.1) is 11.8 Å². The summed E-state index contributed by atoms with van der Waals surface area (Å²) in [7, 11) is 1.75. The molecule has 1 fully saturated rings. The zero-order valence-corrected chi connectivity index (χ0v) is 16.0. The summed E-state index contributed by atoms with van der Waals surface area (Å²) in [6.45, 7) is 2.38. The van der Waals surface area contributed by atoms with Crippen LogP contribution in [0.3, 0.4) is 0 Å². The molecule has 1 aliphatic rings. The Hall–Kier alpha value is -2.28. The molecule has 0 radical (unpaired) electrons. The average Bonchev–Trinajstić information content (AvgIpc) is 3.18. The fraction of sp³-hybridized carbons (Fsp3) is 0.421. The molecule has 7 heteroatoms. The van der Waals surface area contributed by atoms with Crippen LogP contribution in [-0.4, -0.2) is 47.0 Å². The summed E-state index contributed by atoms with van der Waals surface area (Å²) in [4.78, 5) is 29.7. The summed E-state index contributed by atoms with van der Waals surface area (Å²) in [6.07, 6.45) is 5.99. The summed E-state index contributed by atoms with van der Waals surface area (Å²) in [5.41, 5.74) is 1.68. The van der Waals surface area contributed by atoms with Crippen LogP contribution in [0, 0.1) is 0 Å². The van der Waals surface area contributed by atoms with Crippen molar-refractivity contribution in [3.05, 3.63) is 52.4 Å². The van der Waals surface area contributed by atoms with Gasteiger partial charge in [0.15, 0.2) is 0 Å². The van der Waals surface area contributed by atoms with Gasteiger partial charge in [-0.1, -0.05) is 12.1 Å². The first-order chi connectivity index (χ1) is 12.6. The number of carbonyl (C=O) groups is 1. The molecule has 138 valence electrons. The molecule has 1 saturated heterocycles. The van der Waals surface area contributed by atoms with Crippen molar-refractivity contribution in [1.82, 2.24) is 14.7 Å². The molecular weight excluding hydrogens is 348 g/mol. The van der Waals surface area contributed by atoms with Crippen LogP contribution >= 0.6 is 11.8 Å². The van der Waals surface area contributed by atoms with Gasteiger partial charge in [-0.3, -0.25) is 9.59 Å². The Morgan fingerprint density at radius 1 is 1.27 bits per heavy atom. The highest BCUT2D eigenvalue weighted by Gasteiger charge is 2.16. The number of aromatic nitrogens is 2. The first kappa shape index (κ1) is 18.5. The zero-order chi connectivity index (χ0) is 18.5. The lowest BCUT2D eigenvalue weighted by Gasteiger charge is -2.19. The van der Waals surface area contributed by atoms with E-state index in [1.165, 1.54) is 9.58 Å². The van der Waals surface area contributed by atoms with Gasteiger partial charge < -0.3 is 9.80 Å². The summed E-state index contributed by atoms with van der Waals surface area (Å²) in [5, 5.41) is 4.19. The Morgan fingerprint density at radius 2 is 2.04 bits per heavy atom. The van der Waals surface area contributed by atoms with Crippen LogP contribution in [0.2, 0.25) is 0 Å². The standard InChI is InChI=1S/C19H24N4O2S/c1-21(13-15-6-5-7-17(10-15)26-2)19(25)14-23-18(24)11-16(12-20-23)22-8-3-4-9-22/h5-7,10-12H,3-4,8-9,13-14H2,1-2H3. The maximum Gasteiger partial charge on any atom is 0.269 e. The van der Waals surface area contributed by atoms with E-state index in [2.05, 4.69) is 16.1 Å². The van der Waals surface area contributed by atoms with E-state index in [9.17, 15) is 9.59 Å². The number of rotatable bonds is 6. The molecular formula is C19H24N4O2S. The number of benzene rings is 1. The molecule has 3 rings (SSSR count). The highest BCUT2D eigenvalue weighted by atomic mass is 32.2. The largest absolute Gasteiger partial charge is 0.370 e. The van der Waals surface area contributed by atoms with Crippen LogP contribution < -0.4 is 10.5 Å². The van der Waals surface area contributed by atoms with Crippen LogP contribution in [0.4, 0.5) is 5.69 Å². The number of nitrogens with zero attached hydrogens (tertiary/aromatic N) is 4. The maximum absolute atomic E-state index is 12.5. The second-order valence-corrected chi connectivity index (χ2v) is 7.38. The predicted octanol–water partition coefficient (Wildman–Crippen LogP) is 2.22. The van der Waals surface area contributed by atoms with E-state index in [1.807, 2.05) is 24.5 Å². The van der Waals surface area contributed by atoms with Crippen LogP contribution in [-0.2, 0) is 17.9 Å². The van der Waals surface area contributed by atoms with Gasteiger partial charge in [0.1, 0.15) is 6.54 Å². The monoisotopic (exact) mass is 372 g/mol. The number of hydrogen-bond donors (Lipinski definition) is 0. The third kappa shape index (κ3) is 4.46. The van der Waals surface area contributed by atoms with Crippen LogP contribution in [0.15, 0.2) is 46.2 Å². The van der Waals surface area contributed by atoms with Gasteiger partial charge in [-0.25, -0.2) is 4.68 Å². The Morgan fingerprint density at radius 3 is 2.73 bits per heavy atom. The van der Waals surface area contributed by atoms with E-state index in [0.29, 0.717) is 6.54 Å². The minimum atomic E-state index is -0.236. The first-order valence-corrected chi connectivity index (χ1v) is 9.98. The second-order valence-electron chi connectivity index (χ2n) is 6.51. The third-order valence-corrected chi connectivity index (χ3v) is 5.32. The van der Waals surface area contributed by atoms with Gasteiger partial charge in [0, 0.05) is 37.6 Å². The van der Waals surface area contributed by atoms with Gasteiger partial charge in [0.2, 0.25) is 5.91 Å². The molecule has 1 aromatic heterocycles. The molecule has 26 heavy (non-hydrogen) atoms. The number of thioether (sulfide) groups is 1. The van der Waals surface area contributed by atoms with Crippen molar-refractivity contribution in [3.63, 3.8) is 0 Å². The first-order valence-electron chi connectivity index (χ1n) is 8.76. The lowest BCUT2D eigenvalue weighted by Crippen LogP contribution is -2.35. The smallest absolute Gasteiger partial charge is 0.269 e. The van der Waals surface area contributed by atoms with Crippen LogP contribution in [0.5, 0.6) is 0 Å². The second kappa shape index (κ2) is 8.40. The Balaban J connectivity index is 1.64. The number of likely N-dealkylation sites (N-methyl/N-ethyl adjacent to an activating group) is 1. The summed E-state index contributed by atoms with van der Waals surface area (Å²) in [5.74, 6) is -0.136. The highest BCUT2D eigenvalue weighted by molar-refractivity contribution is 7.98. The highest BCUT2D eigenvalue weighted by Crippen LogP contribution is 2.18. The Labute approximate surface area is 157 Å². The Bertz CT molecular complexity index is 830. The summed E-state index contributed by atoms with van der Waals surface area (Å²) >= 11 is 1.67. The van der Waals surface area contributed by atoms with E-state index < -0.39 is 0 Å². The van der Waals surface area contributed by atoms with Gasteiger partial charge in [-0.2, -0.15) is 5.10 Å². The lowest BCUT2D eigenvalue weighted by molar-refractivity contribution is -0.131. The van der Waals surface area contributed by atoms with E-state index in [4.69, 9.17) is 0 Å². The molecule has 0 unspecified atom stereocenters. The van der Waals surface area contributed by atoms with Crippen LogP contribution in [0.1, 0.15) is 18.4 Å². The van der Waals surface area contributed by atoms with E-state index in [0.717, 1.165) is 37.2 Å². The van der Waals surface area contributed by atoms with Gasteiger partial charge in [0.25, 0.3) is 5.56 Å². The summed E-state index contributed by atoms with van der Waals surface area (Å²) in [6, 6.07) is 9.68. The quantitative estimate of drug-likeness (QED) is 0.728. The molecule has 1 amide bonds. The molecule has 6 nitrogen and oxygen atoms in total.